The molecule has 3 rings (SSSR count). The number of phenolic OH excluding ortho intramolecular Hbond substituents is 1. The molecule has 0 spiro atoms. The number of benzene rings is 2. The van der Waals surface area contributed by atoms with E-state index in [4.69, 9.17) is 9.47 Å². The summed E-state index contributed by atoms with van der Waals surface area (Å²) in [6, 6.07) is 9.07. The first-order valence-corrected chi connectivity index (χ1v) is 9.56. The zero-order valence-corrected chi connectivity index (χ0v) is 16.9. The first-order valence-electron chi connectivity index (χ1n) is 9.56. The quantitative estimate of drug-likeness (QED) is 0.713. The molecule has 0 amide bonds. The molecule has 0 unspecified atom stereocenters. The highest BCUT2D eigenvalue weighted by Crippen LogP contribution is 2.42. The second-order valence-electron chi connectivity index (χ2n) is 7.20. The molecule has 2 aromatic carbocycles. The second-order valence-corrected chi connectivity index (χ2v) is 7.20. The van der Waals surface area contributed by atoms with Crippen LogP contribution in [-0.2, 0) is 6.54 Å². The van der Waals surface area contributed by atoms with Crippen LogP contribution >= 0.6 is 0 Å². The van der Waals surface area contributed by atoms with Gasteiger partial charge in [-0.1, -0.05) is 25.5 Å². The van der Waals surface area contributed by atoms with Crippen molar-refractivity contribution in [3.8, 4) is 17.2 Å². The topological polar surface area (TPSA) is 59.0 Å². The monoisotopic (exact) mass is 381 g/mol. The molecule has 1 aliphatic heterocycles. The molecule has 28 heavy (non-hydrogen) atoms. The van der Waals surface area contributed by atoms with Gasteiger partial charge >= 0.3 is 0 Å². The molecular weight excluding hydrogens is 354 g/mol. The van der Waals surface area contributed by atoms with Gasteiger partial charge in [-0.3, -0.25) is 4.79 Å². The summed E-state index contributed by atoms with van der Waals surface area (Å²) in [6.45, 7) is 5.41. The number of phenols is 1. The Balaban J connectivity index is 1.93. The van der Waals surface area contributed by atoms with E-state index in [1.807, 2.05) is 38.2 Å². The van der Waals surface area contributed by atoms with Crippen molar-refractivity contribution in [2.75, 3.05) is 20.7 Å². The van der Waals surface area contributed by atoms with Gasteiger partial charge in [0, 0.05) is 6.54 Å². The van der Waals surface area contributed by atoms with Crippen LogP contribution < -0.4 is 9.47 Å². The third kappa shape index (κ3) is 4.04. The van der Waals surface area contributed by atoms with Crippen LogP contribution in [0, 0.1) is 6.92 Å². The minimum absolute atomic E-state index is 0.152. The van der Waals surface area contributed by atoms with E-state index in [2.05, 4.69) is 11.8 Å². The van der Waals surface area contributed by atoms with Crippen molar-refractivity contribution < 1.29 is 19.4 Å². The standard InChI is InChI=1S/C23H27NO4/c1-5-6-11-24(3)14-18-19(25)12-15(2)21-22(26)20(28-23(18)21)13-16-7-9-17(27-4)10-8-16/h7-10,12-13,25H,5-6,11,14H2,1-4H3/b20-13-. The highest BCUT2D eigenvalue weighted by Gasteiger charge is 2.33. The maximum absolute atomic E-state index is 13.0. The lowest BCUT2D eigenvalue weighted by Crippen LogP contribution is -2.19. The molecule has 0 radical (unpaired) electrons. The Bertz CT molecular complexity index is 900. The van der Waals surface area contributed by atoms with Crippen LogP contribution in [0.5, 0.6) is 17.2 Å². The number of rotatable bonds is 7. The van der Waals surface area contributed by atoms with E-state index in [1.165, 1.54) is 0 Å². The van der Waals surface area contributed by atoms with Gasteiger partial charge in [-0.15, -0.1) is 0 Å². The third-order valence-electron chi connectivity index (χ3n) is 4.96. The van der Waals surface area contributed by atoms with Gasteiger partial charge < -0.3 is 19.5 Å². The maximum Gasteiger partial charge on any atom is 0.232 e. The molecule has 0 aliphatic carbocycles. The Morgan fingerprint density at radius 1 is 1.25 bits per heavy atom. The minimum Gasteiger partial charge on any atom is -0.507 e. The number of unbranched alkanes of at least 4 members (excludes halogenated alkanes) is 1. The van der Waals surface area contributed by atoms with Crippen LogP contribution in [0.25, 0.3) is 6.08 Å². The summed E-state index contributed by atoms with van der Waals surface area (Å²) in [6.07, 6.45) is 3.91. The van der Waals surface area contributed by atoms with Crippen molar-refractivity contribution in [3.63, 3.8) is 0 Å². The Labute approximate surface area is 166 Å². The normalized spacial score (nSPS) is 14.5. The molecule has 1 aliphatic rings. The lowest BCUT2D eigenvalue weighted by atomic mass is 9.99. The van der Waals surface area contributed by atoms with Crippen molar-refractivity contribution in [2.24, 2.45) is 0 Å². The average Bonchev–Trinajstić information content (AvgIpc) is 3.00. The number of ketones is 1. The molecule has 1 heterocycles. The summed E-state index contributed by atoms with van der Waals surface area (Å²) in [7, 11) is 3.62. The summed E-state index contributed by atoms with van der Waals surface area (Å²) in [5, 5.41) is 10.5. The van der Waals surface area contributed by atoms with E-state index in [0.29, 0.717) is 23.4 Å². The first-order chi connectivity index (χ1) is 13.4. The Kier molecular flexibility index (Phi) is 6.05. The fourth-order valence-corrected chi connectivity index (χ4v) is 3.36. The molecule has 0 aromatic heterocycles. The van der Waals surface area contributed by atoms with E-state index < -0.39 is 0 Å². The van der Waals surface area contributed by atoms with Gasteiger partial charge in [0.1, 0.15) is 17.2 Å². The molecule has 0 bridgehead atoms. The zero-order chi connectivity index (χ0) is 20.3. The van der Waals surface area contributed by atoms with E-state index in [0.717, 1.165) is 36.3 Å². The smallest absolute Gasteiger partial charge is 0.232 e. The number of fused-ring (bicyclic) bond motifs is 1. The summed E-state index contributed by atoms with van der Waals surface area (Å²) >= 11 is 0. The number of hydrogen-bond acceptors (Lipinski definition) is 5. The molecule has 0 saturated heterocycles. The molecular formula is C23H27NO4. The number of carbonyl (C=O) groups is 1. The van der Waals surface area contributed by atoms with Gasteiger partial charge in [-0.05, 0) is 62.3 Å². The number of ether oxygens (including phenoxy) is 2. The number of aryl methyl sites for hydroxylation is 1. The van der Waals surface area contributed by atoms with Crippen LogP contribution in [0.15, 0.2) is 36.1 Å². The molecule has 0 atom stereocenters. The molecule has 1 N–H and O–H groups in total. The number of aromatic hydroxyl groups is 1. The molecule has 5 heteroatoms. The fraction of sp³-hybridized carbons (Fsp3) is 0.348. The van der Waals surface area contributed by atoms with E-state index in [1.54, 1.807) is 19.3 Å². The van der Waals surface area contributed by atoms with Crippen molar-refractivity contribution in [2.45, 2.75) is 33.2 Å². The van der Waals surface area contributed by atoms with Crippen molar-refractivity contribution in [3.05, 3.63) is 58.3 Å². The average molecular weight is 381 g/mol. The van der Waals surface area contributed by atoms with Gasteiger partial charge in [-0.25, -0.2) is 0 Å². The Morgan fingerprint density at radius 2 is 1.96 bits per heavy atom. The molecule has 0 saturated carbocycles. The van der Waals surface area contributed by atoms with E-state index in [9.17, 15) is 9.90 Å². The largest absolute Gasteiger partial charge is 0.507 e. The molecule has 2 aromatic rings. The minimum atomic E-state index is -0.152. The molecule has 5 nitrogen and oxygen atoms in total. The number of methoxy groups -OCH3 is 1. The maximum atomic E-state index is 13.0. The first kappa shape index (κ1) is 20.0. The lowest BCUT2D eigenvalue weighted by Gasteiger charge is -2.19. The van der Waals surface area contributed by atoms with Crippen molar-refractivity contribution in [1.82, 2.24) is 4.90 Å². The Hall–Kier alpha value is -2.79. The summed E-state index contributed by atoms with van der Waals surface area (Å²) in [5.74, 6) is 1.51. The molecule has 148 valence electrons. The number of allylic oxidation sites excluding steroid dienone is 1. The van der Waals surface area contributed by atoms with Gasteiger partial charge in [-0.2, -0.15) is 0 Å². The van der Waals surface area contributed by atoms with E-state index in [-0.39, 0.29) is 17.3 Å². The van der Waals surface area contributed by atoms with E-state index >= 15 is 0 Å². The number of Topliss-reactive ketones (excluding diaryl/α,β-unsaturated/α-hetero) is 1. The zero-order valence-electron chi connectivity index (χ0n) is 16.9. The Morgan fingerprint density at radius 3 is 2.61 bits per heavy atom. The lowest BCUT2D eigenvalue weighted by molar-refractivity contribution is 0.101. The van der Waals surface area contributed by atoms with Gasteiger partial charge in [0.25, 0.3) is 0 Å². The fourth-order valence-electron chi connectivity index (χ4n) is 3.36. The van der Waals surface area contributed by atoms with Crippen LogP contribution in [0.1, 0.15) is 46.8 Å². The number of carbonyl (C=O) groups excluding carboxylic acids is 1. The number of hydrogen-bond donors (Lipinski definition) is 1. The van der Waals surface area contributed by atoms with Crippen molar-refractivity contribution in [1.29, 1.82) is 0 Å². The number of nitrogens with zero attached hydrogens (tertiary/aromatic N) is 1. The SMILES string of the molecule is CCCCN(C)Cc1c(O)cc(C)c2c1O/C(=C\c1ccc(OC)cc1)C2=O. The summed E-state index contributed by atoms with van der Waals surface area (Å²) in [5.41, 5.74) is 2.76. The van der Waals surface area contributed by atoms with Crippen LogP contribution in [-0.4, -0.2) is 36.5 Å². The molecule has 0 fully saturated rings. The predicted molar refractivity (Wildman–Crippen MR) is 110 cm³/mol. The van der Waals surface area contributed by atoms with Gasteiger partial charge in [0.15, 0.2) is 5.76 Å². The summed E-state index contributed by atoms with van der Waals surface area (Å²) < 4.78 is 11.1. The van der Waals surface area contributed by atoms with Crippen molar-refractivity contribution >= 4 is 11.9 Å². The van der Waals surface area contributed by atoms with Crippen LogP contribution in [0.3, 0.4) is 0 Å². The van der Waals surface area contributed by atoms with Gasteiger partial charge in [0.05, 0.1) is 18.2 Å². The predicted octanol–water partition coefficient (Wildman–Crippen LogP) is 4.56. The third-order valence-corrected chi connectivity index (χ3v) is 4.96. The van der Waals surface area contributed by atoms with Crippen LogP contribution in [0.4, 0.5) is 0 Å². The van der Waals surface area contributed by atoms with Gasteiger partial charge in [0.2, 0.25) is 5.78 Å². The highest BCUT2D eigenvalue weighted by atomic mass is 16.5. The summed E-state index contributed by atoms with van der Waals surface area (Å²) in [4.78, 5) is 15.1. The second kappa shape index (κ2) is 8.48. The van der Waals surface area contributed by atoms with Crippen LogP contribution in [0.2, 0.25) is 0 Å². The highest BCUT2D eigenvalue weighted by molar-refractivity contribution is 6.15.